The van der Waals surface area contributed by atoms with Gasteiger partial charge in [0.05, 0.1) is 5.75 Å². The molecule has 1 N–H and O–H groups in total. The van der Waals surface area contributed by atoms with E-state index < -0.39 is 0 Å². The van der Waals surface area contributed by atoms with Gasteiger partial charge in [0.1, 0.15) is 5.37 Å². The van der Waals surface area contributed by atoms with Crippen molar-refractivity contribution in [2.45, 2.75) is 25.1 Å². The number of halogens is 1. The number of nitrogens with one attached hydrogen (secondary N) is 1. The van der Waals surface area contributed by atoms with Gasteiger partial charge in [0.2, 0.25) is 5.91 Å². The third-order valence-electron chi connectivity index (χ3n) is 5.22. The number of thioether (sulfide) groups is 1. The minimum absolute atomic E-state index is 0.0839. The molecule has 31 heavy (non-hydrogen) atoms. The van der Waals surface area contributed by atoms with Gasteiger partial charge in [-0.25, -0.2) is 0 Å². The monoisotopic (exact) mass is 450 g/mol. The maximum absolute atomic E-state index is 12.7. The van der Waals surface area contributed by atoms with Crippen LogP contribution in [0.15, 0.2) is 72.8 Å². The lowest BCUT2D eigenvalue weighted by atomic mass is 10.0. The van der Waals surface area contributed by atoms with Crippen molar-refractivity contribution < 1.29 is 9.59 Å². The second-order valence-corrected chi connectivity index (χ2v) is 9.27. The second kappa shape index (κ2) is 9.16. The Morgan fingerprint density at radius 1 is 1.06 bits per heavy atom. The summed E-state index contributed by atoms with van der Waals surface area (Å²) in [6.07, 6.45) is 0. The SMILES string of the molecule is CC(C)c1ccc(N2C(=O)CS[C@H]2c2cccc(NC(=O)c3cccc(Cl)c3)c2)cc1. The second-order valence-electron chi connectivity index (χ2n) is 7.76. The van der Waals surface area contributed by atoms with Crippen molar-refractivity contribution in [1.82, 2.24) is 0 Å². The van der Waals surface area contributed by atoms with Crippen LogP contribution in [0.2, 0.25) is 5.02 Å². The van der Waals surface area contributed by atoms with E-state index in [2.05, 4.69) is 31.3 Å². The smallest absolute Gasteiger partial charge is 0.255 e. The van der Waals surface area contributed by atoms with Gasteiger partial charge in [-0.2, -0.15) is 0 Å². The first-order chi connectivity index (χ1) is 14.9. The molecule has 0 aromatic heterocycles. The molecule has 1 aliphatic heterocycles. The Kier molecular flexibility index (Phi) is 6.35. The van der Waals surface area contributed by atoms with Crippen LogP contribution in [0.25, 0.3) is 0 Å². The van der Waals surface area contributed by atoms with Gasteiger partial charge in [-0.3, -0.25) is 14.5 Å². The zero-order valence-electron chi connectivity index (χ0n) is 17.3. The topological polar surface area (TPSA) is 49.4 Å². The fourth-order valence-corrected chi connectivity index (χ4v) is 4.93. The number of anilines is 2. The Morgan fingerprint density at radius 2 is 1.81 bits per heavy atom. The molecule has 1 atom stereocenters. The molecule has 0 unspecified atom stereocenters. The zero-order valence-corrected chi connectivity index (χ0v) is 18.9. The molecule has 3 aromatic rings. The van der Waals surface area contributed by atoms with Crippen LogP contribution in [0.1, 0.15) is 46.6 Å². The lowest BCUT2D eigenvalue weighted by Crippen LogP contribution is -2.27. The minimum atomic E-state index is -0.226. The summed E-state index contributed by atoms with van der Waals surface area (Å²) in [6, 6.07) is 22.7. The molecule has 1 aliphatic rings. The van der Waals surface area contributed by atoms with Gasteiger partial charge < -0.3 is 5.32 Å². The lowest BCUT2D eigenvalue weighted by molar-refractivity contribution is -0.115. The number of benzene rings is 3. The summed E-state index contributed by atoms with van der Waals surface area (Å²) in [5, 5.41) is 3.30. The highest BCUT2D eigenvalue weighted by molar-refractivity contribution is 8.00. The Balaban J connectivity index is 1.57. The molecule has 0 bridgehead atoms. The van der Waals surface area contributed by atoms with Gasteiger partial charge >= 0.3 is 0 Å². The number of hydrogen-bond donors (Lipinski definition) is 1. The van der Waals surface area contributed by atoms with Crippen LogP contribution < -0.4 is 10.2 Å². The van der Waals surface area contributed by atoms with Gasteiger partial charge in [-0.15, -0.1) is 11.8 Å². The van der Waals surface area contributed by atoms with E-state index in [1.165, 1.54) is 5.56 Å². The molecule has 1 heterocycles. The fraction of sp³-hybridized carbons (Fsp3) is 0.200. The highest BCUT2D eigenvalue weighted by atomic mass is 35.5. The normalized spacial score (nSPS) is 16.1. The third-order valence-corrected chi connectivity index (χ3v) is 6.67. The first-order valence-electron chi connectivity index (χ1n) is 10.1. The Morgan fingerprint density at radius 3 is 2.52 bits per heavy atom. The fourth-order valence-electron chi connectivity index (χ4n) is 3.57. The van der Waals surface area contributed by atoms with Crippen molar-refractivity contribution in [3.63, 3.8) is 0 Å². The average molecular weight is 451 g/mol. The van der Waals surface area contributed by atoms with Crippen LogP contribution in [0.4, 0.5) is 11.4 Å². The van der Waals surface area contributed by atoms with Gasteiger partial charge in [-0.1, -0.05) is 55.8 Å². The summed E-state index contributed by atoms with van der Waals surface area (Å²) in [7, 11) is 0. The summed E-state index contributed by atoms with van der Waals surface area (Å²) in [5.74, 6) is 0.722. The molecule has 0 saturated carbocycles. The van der Waals surface area contributed by atoms with Crippen LogP contribution >= 0.6 is 23.4 Å². The quantitative estimate of drug-likeness (QED) is 0.483. The molecule has 1 fully saturated rings. The summed E-state index contributed by atoms with van der Waals surface area (Å²) in [6.45, 7) is 4.30. The predicted octanol–water partition coefficient (Wildman–Crippen LogP) is 6.49. The summed E-state index contributed by atoms with van der Waals surface area (Å²) >= 11 is 7.59. The van der Waals surface area contributed by atoms with E-state index in [1.54, 1.807) is 36.0 Å². The van der Waals surface area contributed by atoms with Crippen molar-refractivity contribution in [3.8, 4) is 0 Å². The molecule has 3 aromatic carbocycles. The van der Waals surface area contributed by atoms with E-state index in [1.807, 2.05) is 41.3 Å². The molecule has 1 saturated heterocycles. The van der Waals surface area contributed by atoms with Gasteiger partial charge in [-0.05, 0) is 59.5 Å². The van der Waals surface area contributed by atoms with E-state index in [-0.39, 0.29) is 17.2 Å². The molecule has 158 valence electrons. The minimum Gasteiger partial charge on any atom is -0.322 e. The molecule has 0 radical (unpaired) electrons. The van der Waals surface area contributed by atoms with Crippen molar-refractivity contribution in [3.05, 3.63) is 94.5 Å². The van der Waals surface area contributed by atoms with Crippen LogP contribution in [0, 0.1) is 0 Å². The van der Waals surface area contributed by atoms with E-state index >= 15 is 0 Å². The van der Waals surface area contributed by atoms with E-state index in [9.17, 15) is 9.59 Å². The molecule has 4 nitrogen and oxygen atoms in total. The molecule has 6 heteroatoms. The van der Waals surface area contributed by atoms with Gasteiger partial charge in [0.25, 0.3) is 5.91 Å². The number of rotatable bonds is 5. The first-order valence-corrected chi connectivity index (χ1v) is 11.6. The zero-order chi connectivity index (χ0) is 22.0. The van der Waals surface area contributed by atoms with Crippen LogP contribution in [-0.4, -0.2) is 17.6 Å². The number of carbonyl (C=O) groups is 2. The number of nitrogens with zero attached hydrogens (tertiary/aromatic N) is 1. The molecule has 2 amide bonds. The molecular formula is C25H23ClN2O2S. The maximum atomic E-state index is 12.7. The predicted molar refractivity (Wildman–Crippen MR) is 129 cm³/mol. The van der Waals surface area contributed by atoms with Gasteiger partial charge in [0, 0.05) is 22.0 Å². The van der Waals surface area contributed by atoms with Crippen molar-refractivity contribution in [2.75, 3.05) is 16.0 Å². The maximum Gasteiger partial charge on any atom is 0.255 e. The summed E-state index contributed by atoms with van der Waals surface area (Å²) in [5.41, 5.74) is 4.27. The molecule has 0 aliphatic carbocycles. The lowest BCUT2D eigenvalue weighted by Gasteiger charge is -2.25. The van der Waals surface area contributed by atoms with Crippen LogP contribution in [-0.2, 0) is 4.79 Å². The van der Waals surface area contributed by atoms with Crippen LogP contribution in [0.3, 0.4) is 0 Å². The molecular weight excluding hydrogens is 428 g/mol. The largest absolute Gasteiger partial charge is 0.322 e. The van der Waals surface area contributed by atoms with Crippen LogP contribution in [0.5, 0.6) is 0 Å². The summed E-state index contributed by atoms with van der Waals surface area (Å²) in [4.78, 5) is 27.1. The average Bonchev–Trinajstić information content (AvgIpc) is 3.15. The van der Waals surface area contributed by atoms with Crippen molar-refractivity contribution >= 4 is 46.6 Å². The Hall–Kier alpha value is -2.76. The number of amides is 2. The Bertz CT molecular complexity index is 1110. The molecule has 0 spiro atoms. The van der Waals surface area contributed by atoms with E-state index in [4.69, 9.17) is 11.6 Å². The van der Waals surface area contributed by atoms with Gasteiger partial charge in [0.15, 0.2) is 0 Å². The Labute approximate surface area is 191 Å². The van der Waals surface area contributed by atoms with E-state index in [0.717, 1.165) is 11.3 Å². The number of hydrogen-bond acceptors (Lipinski definition) is 3. The van der Waals surface area contributed by atoms with Crippen molar-refractivity contribution in [1.29, 1.82) is 0 Å². The highest BCUT2D eigenvalue weighted by Gasteiger charge is 2.34. The highest BCUT2D eigenvalue weighted by Crippen LogP contribution is 2.42. The summed E-state index contributed by atoms with van der Waals surface area (Å²) < 4.78 is 0. The third kappa shape index (κ3) is 4.78. The number of carbonyl (C=O) groups excluding carboxylic acids is 2. The molecule has 4 rings (SSSR count). The van der Waals surface area contributed by atoms with E-state index in [0.29, 0.717) is 27.9 Å². The van der Waals surface area contributed by atoms with Crippen molar-refractivity contribution in [2.24, 2.45) is 0 Å². The standard InChI is InChI=1S/C25H23ClN2O2S/c1-16(2)17-9-11-22(12-10-17)28-23(29)15-31-25(28)19-6-4-8-21(14-19)27-24(30)18-5-3-7-20(26)13-18/h3-14,16,25H,15H2,1-2H3,(H,27,30)/t25-/m0/s1. The first kappa shape index (κ1) is 21.5.